The maximum absolute atomic E-state index is 12.6. The van der Waals surface area contributed by atoms with Crippen molar-refractivity contribution in [3.8, 4) is 5.75 Å². The first-order valence-corrected chi connectivity index (χ1v) is 10.6. The second-order valence-corrected chi connectivity index (χ2v) is 8.69. The molecule has 1 heterocycles. The Morgan fingerprint density at radius 1 is 1.10 bits per heavy atom. The number of methoxy groups -OCH3 is 1. The smallest absolute Gasteiger partial charge is 0.338 e. The summed E-state index contributed by atoms with van der Waals surface area (Å²) in [6.45, 7) is 7.62. The van der Waals surface area contributed by atoms with Crippen LogP contribution in [0, 0.1) is 23.2 Å². The molecule has 2 aromatic rings. The summed E-state index contributed by atoms with van der Waals surface area (Å²) in [5.74, 6) is 1.41. The topological polar surface area (TPSA) is 44.8 Å². The number of carbonyl (C=O) groups excluding carboxylic acids is 1. The lowest BCUT2D eigenvalue weighted by Gasteiger charge is -2.55. The van der Waals surface area contributed by atoms with E-state index in [-0.39, 0.29) is 29.3 Å². The maximum Gasteiger partial charge on any atom is 0.338 e. The molecule has 0 amide bonds. The minimum atomic E-state index is -0.274. The summed E-state index contributed by atoms with van der Waals surface area (Å²) in [7, 11) is 1.68. The molecule has 2 aliphatic rings. The van der Waals surface area contributed by atoms with E-state index >= 15 is 0 Å². The van der Waals surface area contributed by atoms with Crippen molar-refractivity contribution in [3.63, 3.8) is 0 Å². The second-order valence-electron chi connectivity index (χ2n) is 8.69. The van der Waals surface area contributed by atoms with Gasteiger partial charge in [0.15, 0.2) is 0 Å². The monoisotopic (exact) mass is 406 g/mol. The van der Waals surface area contributed by atoms with Crippen molar-refractivity contribution in [1.82, 2.24) is 0 Å². The number of hydrogen-bond acceptors (Lipinski definition) is 4. The van der Waals surface area contributed by atoms with Crippen LogP contribution >= 0.6 is 0 Å². The summed E-state index contributed by atoms with van der Waals surface area (Å²) in [4.78, 5) is 12.6. The lowest BCUT2D eigenvalue weighted by atomic mass is 9.56. The predicted molar refractivity (Wildman–Crippen MR) is 116 cm³/mol. The molecule has 1 fully saturated rings. The molecule has 0 radical (unpaired) electrons. The number of benzene rings is 2. The average molecular weight is 407 g/mol. The Labute approximate surface area is 178 Å². The van der Waals surface area contributed by atoms with Gasteiger partial charge in [-0.3, -0.25) is 0 Å². The quantitative estimate of drug-likeness (QED) is 0.489. The first-order valence-electron chi connectivity index (χ1n) is 10.6. The van der Waals surface area contributed by atoms with E-state index in [4.69, 9.17) is 14.2 Å². The minimum Gasteiger partial charge on any atom is -0.497 e. The van der Waals surface area contributed by atoms with E-state index in [1.165, 1.54) is 5.57 Å². The Morgan fingerprint density at radius 3 is 2.47 bits per heavy atom. The van der Waals surface area contributed by atoms with Crippen molar-refractivity contribution >= 4 is 5.97 Å². The predicted octanol–water partition coefficient (Wildman–Crippen LogP) is 5.46. The molecule has 0 aromatic heterocycles. The molecule has 1 aliphatic heterocycles. The van der Waals surface area contributed by atoms with Crippen LogP contribution in [-0.2, 0) is 9.47 Å². The summed E-state index contributed by atoms with van der Waals surface area (Å²) < 4.78 is 17.6. The van der Waals surface area contributed by atoms with Crippen molar-refractivity contribution in [3.05, 3.63) is 77.4 Å². The number of allylic oxidation sites excluding steroid dienone is 1. The summed E-state index contributed by atoms with van der Waals surface area (Å²) in [6, 6.07) is 17.3. The molecule has 0 N–H and O–H groups in total. The molecule has 2 aromatic carbocycles. The normalized spacial score (nSPS) is 30.3. The van der Waals surface area contributed by atoms with E-state index in [9.17, 15) is 4.79 Å². The van der Waals surface area contributed by atoms with Gasteiger partial charge in [-0.2, -0.15) is 0 Å². The van der Waals surface area contributed by atoms with Gasteiger partial charge in [-0.1, -0.05) is 55.8 Å². The van der Waals surface area contributed by atoms with Gasteiger partial charge in [0, 0.05) is 11.3 Å². The van der Waals surface area contributed by atoms with Crippen LogP contribution in [0.2, 0.25) is 0 Å². The number of hydrogen-bond donors (Lipinski definition) is 0. The third kappa shape index (κ3) is 3.54. The Hall–Kier alpha value is -2.59. The molecule has 4 rings (SSSR count). The molecule has 1 saturated heterocycles. The van der Waals surface area contributed by atoms with Crippen molar-refractivity contribution in [2.45, 2.75) is 26.9 Å². The fourth-order valence-corrected chi connectivity index (χ4v) is 5.21. The Bertz CT molecular complexity index is 918. The zero-order chi connectivity index (χ0) is 21.3. The van der Waals surface area contributed by atoms with Crippen molar-refractivity contribution in [2.75, 3.05) is 20.3 Å². The van der Waals surface area contributed by atoms with E-state index in [1.54, 1.807) is 19.2 Å². The van der Waals surface area contributed by atoms with Gasteiger partial charge in [0.25, 0.3) is 0 Å². The zero-order valence-corrected chi connectivity index (χ0v) is 18.1. The standard InChI is InChI=1S/C26H30O4/c1-17-14-18(2)26(16-30-25(27)21-8-6-5-7-9-21)15-29-24(23(17)19(26)3)20-10-12-22(28-4)13-11-20/h5-14,18-19,23-24H,15-16H2,1-4H3/t18-,19+,23+,24-,26+/m1/s1. The van der Waals surface area contributed by atoms with Gasteiger partial charge >= 0.3 is 5.97 Å². The van der Waals surface area contributed by atoms with Gasteiger partial charge in [-0.15, -0.1) is 0 Å². The summed E-state index contributed by atoms with van der Waals surface area (Å²) in [6.07, 6.45) is 2.34. The van der Waals surface area contributed by atoms with E-state index in [1.807, 2.05) is 30.3 Å². The first kappa shape index (κ1) is 20.7. The highest BCUT2D eigenvalue weighted by Crippen LogP contribution is 2.56. The molecule has 4 heteroatoms. The Morgan fingerprint density at radius 2 is 1.80 bits per heavy atom. The van der Waals surface area contributed by atoms with Crippen LogP contribution in [0.5, 0.6) is 5.75 Å². The van der Waals surface area contributed by atoms with Crippen LogP contribution in [-0.4, -0.2) is 26.3 Å². The fraction of sp³-hybridized carbons (Fsp3) is 0.423. The Balaban J connectivity index is 1.57. The number of carbonyl (C=O) groups is 1. The van der Waals surface area contributed by atoms with Gasteiger partial charge in [-0.25, -0.2) is 4.79 Å². The SMILES string of the molecule is COc1ccc([C@H]2OC[C@]3(COC(=O)c4ccccc4)[C@H](C)C=C(C)[C@H]2[C@@H]3C)cc1. The first-order chi connectivity index (χ1) is 14.5. The number of ether oxygens (including phenoxy) is 3. The van der Waals surface area contributed by atoms with Gasteiger partial charge < -0.3 is 14.2 Å². The largest absolute Gasteiger partial charge is 0.497 e. The minimum absolute atomic E-state index is 0.00685. The summed E-state index contributed by atoms with van der Waals surface area (Å²) >= 11 is 0. The highest BCUT2D eigenvalue weighted by Gasteiger charge is 2.54. The van der Waals surface area contributed by atoms with Crippen molar-refractivity contribution in [2.24, 2.45) is 23.2 Å². The van der Waals surface area contributed by atoms with Gasteiger partial charge in [0.05, 0.1) is 25.4 Å². The average Bonchev–Trinajstić information content (AvgIpc) is 2.77. The van der Waals surface area contributed by atoms with Crippen LogP contribution in [0.4, 0.5) is 0 Å². The van der Waals surface area contributed by atoms with Gasteiger partial charge in [0.1, 0.15) is 12.4 Å². The molecule has 0 saturated carbocycles. The van der Waals surface area contributed by atoms with Crippen LogP contribution < -0.4 is 4.74 Å². The molecule has 0 unspecified atom stereocenters. The third-order valence-electron chi connectivity index (χ3n) is 7.17. The molecule has 2 bridgehead atoms. The number of fused-ring (bicyclic) bond motifs is 2. The third-order valence-corrected chi connectivity index (χ3v) is 7.17. The van der Waals surface area contributed by atoms with Crippen LogP contribution in [0.3, 0.4) is 0 Å². The molecule has 158 valence electrons. The van der Waals surface area contributed by atoms with Crippen LogP contribution in [0.15, 0.2) is 66.2 Å². The molecule has 4 nitrogen and oxygen atoms in total. The number of esters is 1. The Kier molecular flexibility index (Phi) is 5.70. The summed E-state index contributed by atoms with van der Waals surface area (Å²) in [5, 5.41) is 0. The number of rotatable bonds is 5. The van der Waals surface area contributed by atoms with Crippen LogP contribution in [0.1, 0.15) is 42.8 Å². The second kappa shape index (κ2) is 8.27. The maximum atomic E-state index is 12.6. The molecule has 0 spiro atoms. The van der Waals surface area contributed by atoms with E-state index < -0.39 is 0 Å². The molecular weight excluding hydrogens is 376 g/mol. The van der Waals surface area contributed by atoms with E-state index in [2.05, 4.69) is 39.0 Å². The van der Waals surface area contributed by atoms with Gasteiger partial charge in [0.2, 0.25) is 0 Å². The molecular formula is C26H30O4. The van der Waals surface area contributed by atoms with E-state index in [0.29, 0.717) is 24.7 Å². The lowest BCUT2D eigenvalue weighted by Crippen LogP contribution is -2.54. The zero-order valence-electron chi connectivity index (χ0n) is 18.1. The van der Waals surface area contributed by atoms with Crippen molar-refractivity contribution < 1.29 is 19.0 Å². The highest BCUT2D eigenvalue weighted by atomic mass is 16.5. The van der Waals surface area contributed by atoms with Crippen LogP contribution in [0.25, 0.3) is 0 Å². The molecule has 30 heavy (non-hydrogen) atoms. The molecule has 1 aliphatic carbocycles. The van der Waals surface area contributed by atoms with Crippen molar-refractivity contribution in [1.29, 1.82) is 0 Å². The summed E-state index contributed by atoms with van der Waals surface area (Å²) in [5.41, 5.74) is 2.86. The lowest BCUT2D eigenvalue weighted by molar-refractivity contribution is -0.166. The fourth-order valence-electron chi connectivity index (χ4n) is 5.21. The highest BCUT2D eigenvalue weighted by molar-refractivity contribution is 5.89. The van der Waals surface area contributed by atoms with E-state index in [0.717, 1.165) is 11.3 Å². The molecule has 5 atom stereocenters. The van der Waals surface area contributed by atoms with Gasteiger partial charge in [-0.05, 0) is 48.6 Å².